The molecule has 118 valence electrons. The number of aliphatic carboxylic acids is 1. The fourth-order valence-electron chi connectivity index (χ4n) is 2.77. The van der Waals surface area contributed by atoms with Gasteiger partial charge >= 0.3 is 12.0 Å². The molecule has 0 atom stereocenters. The Hall–Kier alpha value is -2.82. The Balaban J connectivity index is 1.68. The van der Waals surface area contributed by atoms with Crippen LogP contribution in [-0.2, 0) is 24.3 Å². The van der Waals surface area contributed by atoms with Gasteiger partial charge in [-0.3, -0.25) is 4.79 Å². The summed E-state index contributed by atoms with van der Waals surface area (Å²) in [6.07, 6.45) is 0.439. The number of hydrogen-bond acceptors (Lipinski definition) is 2. The molecule has 5 heteroatoms. The van der Waals surface area contributed by atoms with Crippen molar-refractivity contribution in [1.29, 1.82) is 0 Å². The lowest BCUT2D eigenvalue weighted by atomic mass is 10.1. The van der Waals surface area contributed by atoms with Gasteiger partial charge in [-0.25, -0.2) is 4.79 Å². The number of carboxylic acids is 1. The minimum absolute atomic E-state index is 0.0437. The maximum Gasteiger partial charge on any atom is 0.322 e. The summed E-state index contributed by atoms with van der Waals surface area (Å²) in [6.45, 7) is 1.19. The summed E-state index contributed by atoms with van der Waals surface area (Å²) < 4.78 is 0. The largest absolute Gasteiger partial charge is 0.481 e. The van der Waals surface area contributed by atoms with Crippen molar-refractivity contribution in [3.63, 3.8) is 0 Å². The molecule has 0 spiro atoms. The Bertz CT molecular complexity index is 718. The molecule has 2 aromatic rings. The summed E-state index contributed by atoms with van der Waals surface area (Å²) >= 11 is 0. The van der Waals surface area contributed by atoms with Gasteiger partial charge in [0.2, 0.25) is 0 Å². The Kier molecular flexibility index (Phi) is 4.28. The number of carbonyl (C=O) groups is 2. The van der Waals surface area contributed by atoms with Crippen molar-refractivity contribution >= 4 is 17.7 Å². The van der Waals surface area contributed by atoms with Crippen molar-refractivity contribution in [2.75, 3.05) is 5.32 Å². The molecule has 1 aliphatic heterocycles. The normalized spacial score (nSPS) is 12.8. The first kappa shape index (κ1) is 15.1. The minimum Gasteiger partial charge on any atom is -0.481 e. The molecule has 0 radical (unpaired) electrons. The molecule has 3 rings (SSSR count). The number of nitrogens with one attached hydrogen (secondary N) is 1. The Labute approximate surface area is 134 Å². The maximum absolute atomic E-state index is 12.5. The minimum atomic E-state index is -0.846. The van der Waals surface area contributed by atoms with E-state index in [0.29, 0.717) is 25.2 Å². The predicted molar refractivity (Wildman–Crippen MR) is 87.1 cm³/mol. The van der Waals surface area contributed by atoms with Crippen LogP contribution in [0.4, 0.5) is 10.5 Å². The second-order valence-corrected chi connectivity index (χ2v) is 5.61. The SMILES string of the molecule is O=C(O)CCc1ccccc1NC(=O)N1Cc2ccccc2C1. The third-order valence-electron chi connectivity index (χ3n) is 4.00. The number of carbonyl (C=O) groups excluding carboxylic acids is 1. The lowest BCUT2D eigenvalue weighted by Crippen LogP contribution is -2.30. The topological polar surface area (TPSA) is 69.6 Å². The molecule has 2 amide bonds. The van der Waals surface area contributed by atoms with Crippen LogP contribution < -0.4 is 5.32 Å². The number of fused-ring (bicyclic) bond motifs is 1. The van der Waals surface area contributed by atoms with Crippen LogP contribution in [0.15, 0.2) is 48.5 Å². The molecule has 2 aromatic carbocycles. The van der Waals surface area contributed by atoms with E-state index in [-0.39, 0.29) is 12.5 Å². The fraction of sp³-hybridized carbons (Fsp3) is 0.222. The lowest BCUT2D eigenvalue weighted by Gasteiger charge is -2.18. The molecule has 1 heterocycles. The second-order valence-electron chi connectivity index (χ2n) is 5.61. The monoisotopic (exact) mass is 310 g/mol. The number of carboxylic acid groups (broad SMARTS) is 1. The van der Waals surface area contributed by atoms with E-state index in [2.05, 4.69) is 5.32 Å². The molecule has 0 fully saturated rings. The lowest BCUT2D eigenvalue weighted by molar-refractivity contribution is -0.136. The van der Waals surface area contributed by atoms with E-state index in [1.165, 1.54) is 11.1 Å². The van der Waals surface area contributed by atoms with Gasteiger partial charge < -0.3 is 15.3 Å². The van der Waals surface area contributed by atoms with Gasteiger partial charge in [-0.1, -0.05) is 42.5 Å². The van der Waals surface area contributed by atoms with Crippen LogP contribution in [0.1, 0.15) is 23.1 Å². The van der Waals surface area contributed by atoms with E-state index in [1.807, 2.05) is 42.5 Å². The number of urea groups is 1. The average Bonchev–Trinajstić information content (AvgIpc) is 2.98. The van der Waals surface area contributed by atoms with Crippen LogP contribution in [0.5, 0.6) is 0 Å². The van der Waals surface area contributed by atoms with Gasteiger partial charge in [-0.15, -0.1) is 0 Å². The summed E-state index contributed by atoms with van der Waals surface area (Å²) in [5.74, 6) is -0.846. The van der Waals surface area contributed by atoms with Crippen molar-refractivity contribution in [3.8, 4) is 0 Å². The number of amides is 2. The molecule has 0 aliphatic carbocycles. The number of para-hydroxylation sites is 1. The van der Waals surface area contributed by atoms with Crippen LogP contribution in [0.25, 0.3) is 0 Å². The molecular weight excluding hydrogens is 292 g/mol. The third kappa shape index (κ3) is 3.51. The van der Waals surface area contributed by atoms with Crippen LogP contribution >= 0.6 is 0 Å². The number of aryl methyl sites for hydroxylation is 1. The zero-order valence-corrected chi connectivity index (χ0v) is 12.7. The number of anilines is 1. The van der Waals surface area contributed by atoms with Crippen LogP contribution in [0, 0.1) is 0 Å². The van der Waals surface area contributed by atoms with E-state index in [9.17, 15) is 9.59 Å². The van der Waals surface area contributed by atoms with Gasteiger partial charge in [0.25, 0.3) is 0 Å². The zero-order chi connectivity index (χ0) is 16.2. The molecule has 5 nitrogen and oxygen atoms in total. The summed E-state index contributed by atoms with van der Waals surface area (Å²) in [5.41, 5.74) is 3.85. The van der Waals surface area contributed by atoms with Crippen molar-refractivity contribution in [2.45, 2.75) is 25.9 Å². The van der Waals surface area contributed by atoms with Crippen molar-refractivity contribution in [2.24, 2.45) is 0 Å². The fourth-order valence-corrected chi connectivity index (χ4v) is 2.77. The van der Waals surface area contributed by atoms with Gasteiger partial charge in [0.15, 0.2) is 0 Å². The molecule has 0 saturated carbocycles. The molecule has 0 unspecified atom stereocenters. The van der Waals surface area contributed by atoms with E-state index >= 15 is 0 Å². The first-order valence-electron chi connectivity index (χ1n) is 7.56. The van der Waals surface area contributed by atoms with E-state index in [1.54, 1.807) is 11.0 Å². The number of rotatable bonds is 4. The van der Waals surface area contributed by atoms with Gasteiger partial charge in [-0.2, -0.15) is 0 Å². The summed E-state index contributed by atoms with van der Waals surface area (Å²) in [5, 5.41) is 11.7. The van der Waals surface area contributed by atoms with Gasteiger partial charge in [0.05, 0.1) is 0 Å². The molecule has 1 aliphatic rings. The molecule has 23 heavy (non-hydrogen) atoms. The third-order valence-corrected chi connectivity index (χ3v) is 4.00. The zero-order valence-electron chi connectivity index (χ0n) is 12.7. The first-order valence-corrected chi connectivity index (χ1v) is 7.56. The quantitative estimate of drug-likeness (QED) is 0.910. The van der Waals surface area contributed by atoms with E-state index in [4.69, 9.17) is 5.11 Å². The number of nitrogens with zero attached hydrogens (tertiary/aromatic N) is 1. The van der Waals surface area contributed by atoms with Crippen molar-refractivity contribution in [1.82, 2.24) is 4.90 Å². The second kappa shape index (κ2) is 6.52. The summed E-state index contributed by atoms with van der Waals surface area (Å²) in [4.78, 5) is 25.0. The van der Waals surface area contributed by atoms with E-state index < -0.39 is 5.97 Å². The predicted octanol–water partition coefficient (Wildman–Crippen LogP) is 3.25. The number of benzene rings is 2. The van der Waals surface area contributed by atoms with Crippen molar-refractivity contribution < 1.29 is 14.7 Å². The highest BCUT2D eigenvalue weighted by atomic mass is 16.4. The molecule has 0 saturated heterocycles. The van der Waals surface area contributed by atoms with E-state index in [0.717, 1.165) is 5.56 Å². The molecule has 0 bridgehead atoms. The van der Waals surface area contributed by atoms with Crippen LogP contribution in [0.3, 0.4) is 0 Å². The van der Waals surface area contributed by atoms with Crippen molar-refractivity contribution in [3.05, 3.63) is 65.2 Å². The Morgan fingerprint density at radius 3 is 2.26 bits per heavy atom. The van der Waals surface area contributed by atoms with Gasteiger partial charge in [0.1, 0.15) is 0 Å². The summed E-state index contributed by atoms with van der Waals surface area (Å²) in [6, 6.07) is 15.2. The highest BCUT2D eigenvalue weighted by Gasteiger charge is 2.23. The molecular formula is C18H18N2O3. The van der Waals surface area contributed by atoms with Gasteiger partial charge in [0, 0.05) is 25.2 Å². The standard InChI is InChI=1S/C18H18N2O3/c21-17(22)10-9-13-5-3-4-8-16(13)19-18(23)20-11-14-6-1-2-7-15(14)12-20/h1-8H,9-12H2,(H,19,23)(H,21,22). The average molecular weight is 310 g/mol. The highest BCUT2D eigenvalue weighted by molar-refractivity contribution is 5.90. The molecule has 2 N–H and O–H groups in total. The molecule has 0 aromatic heterocycles. The van der Waals surface area contributed by atoms with Crippen LogP contribution in [-0.4, -0.2) is 22.0 Å². The van der Waals surface area contributed by atoms with Gasteiger partial charge in [-0.05, 0) is 29.2 Å². The Morgan fingerprint density at radius 1 is 1.00 bits per heavy atom. The smallest absolute Gasteiger partial charge is 0.322 e. The number of hydrogen-bond donors (Lipinski definition) is 2. The van der Waals surface area contributed by atoms with Crippen LogP contribution in [0.2, 0.25) is 0 Å². The summed E-state index contributed by atoms with van der Waals surface area (Å²) in [7, 11) is 0. The maximum atomic E-state index is 12.5. The first-order chi connectivity index (χ1) is 11.1. The highest BCUT2D eigenvalue weighted by Crippen LogP contribution is 2.24. The Morgan fingerprint density at radius 2 is 1.61 bits per heavy atom.